The van der Waals surface area contributed by atoms with Gasteiger partial charge >= 0.3 is 0 Å². The van der Waals surface area contributed by atoms with Gasteiger partial charge in [0.05, 0.1) is 19.2 Å². The fourth-order valence-corrected chi connectivity index (χ4v) is 4.31. The van der Waals surface area contributed by atoms with Crippen LogP contribution in [0.1, 0.15) is 50.4 Å². The summed E-state index contributed by atoms with van der Waals surface area (Å²) in [4.78, 5) is 24.0. The summed E-state index contributed by atoms with van der Waals surface area (Å²) in [5, 5.41) is 11.4. The van der Waals surface area contributed by atoms with Crippen LogP contribution < -0.4 is 4.74 Å². The van der Waals surface area contributed by atoms with Crippen LogP contribution in [-0.4, -0.2) is 50.6 Å². The van der Waals surface area contributed by atoms with Crippen LogP contribution in [0.5, 0.6) is 5.75 Å². The number of rotatable bonds is 5. The lowest BCUT2D eigenvalue weighted by Crippen LogP contribution is -2.45. The fourth-order valence-electron chi connectivity index (χ4n) is 4.31. The number of methoxy groups -OCH3 is 1. The average Bonchev–Trinajstić information content (AvgIpc) is 3.22. The number of imidazole rings is 1. The van der Waals surface area contributed by atoms with Gasteiger partial charge in [-0.2, -0.15) is 0 Å². The topological polar surface area (TPSA) is 80.5 Å². The zero-order valence-electron chi connectivity index (χ0n) is 20.7. The molecule has 0 saturated carbocycles. The van der Waals surface area contributed by atoms with Crippen molar-refractivity contribution < 1.29 is 14.6 Å². The number of amides is 1. The summed E-state index contributed by atoms with van der Waals surface area (Å²) in [6.45, 7) is 7.47. The molecule has 180 valence electrons. The van der Waals surface area contributed by atoms with E-state index in [0.717, 1.165) is 28.4 Å². The minimum absolute atomic E-state index is 0.0340. The molecule has 1 amide bonds. The molecular formula is C27H34N4O3. The van der Waals surface area contributed by atoms with E-state index in [-0.39, 0.29) is 11.3 Å². The van der Waals surface area contributed by atoms with Gasteiger partial charge in [0.25, 0.3) is 0 Å². The number of likely N-dealkylation sites (tertiary alicyclic amines) is 1. The molecule has 1 N–H and O–H groups in total. The maximum atomic E-state index is 12.8. The van der Waals surface area contributed by atoms with E-state index in [4.69, 9.17) is 9.72 Å². The van der Waals surface area contributed by atoms with Crippen molar-refractivity contribution in [3.05, 3.63) is 65.6 Å². The SMILES string of the molecule is COc1ccc(CC(=O)N2CCC(O)(c3cn(C)c(-c4ccc(C(C)(C)C)cn4)n3)CC2)cc1. The average molecular weight is 463 g/mol. The van der Waals surface area contributed by atoms with Gasteiger partial charge in [0.1, 0.15) is 17.0 Å². The third-order valence-electron chi connectivity index (χ3n) is 6.67. The third-order valence-corrected chi connectivity index (χ3v) is 6.67. The van der Waals surface area contributed by atoms with Crippen LogP contribution in [0.15, 0.2) is 48.8 Å². The number of aliphatic hydroxyl groups is 1. The van der Waals surface area contributed by atoms with Crippen molar-refractivity contribution in [3.63, 3.8) is 0 Å². The predicted molar refractivity (Wildman–Crippen MR) is 132 cm³/mol. The number of carbonyl (C=O) groups excluding carboxylic acids is 1. The molecule has 3 aromatic rings. The molecule has 4 rings (SSSR count). The van der Waals surface area contributed by atoms with Crippen molar-refractivity contribution in [1.29, 1.82) is 0 Å². The molecular weight excluding hydrogens is 428 g/mol. The Hall–Kier alpha value is -3.19. The van der Waals surface area contributed by atoms with E-state index in [1.807, 2.05) is 59.2 Å². The molecule has 0 unspecified atom stereocenters. The molecule has 3 heterocycles. The maximum Gasteiger partial charge on any atom is 0.226 e. The van der Waals surface area contributed by atoms with Crippen LogP contribution in [0.2, 0.25) is 0 Å². The molecule has 0 atom stereocenters. The summed E-state index contributed by atoms with van der Waals surface area (Å²) in [5.74, 6) is 1.56. The summed E-state index contributed by atoms with van der Waals surface area (Å²) >= 11 is 0. The molecule has 1 aromatic carbocycles. The predicted octanol–water partition coefficient (Wildman–Crippen LogP) is 3.84. The smallest absolute Gasteiger partial charge is 0.226 e. The number of hydrogen-bond acceptors (Lipinski definition) is 5. The Balaban J connectivity index is 1.42. The largest absolute Gasteiger partial charge is 0.497 e. The van der Waals surface area contributed by atoms with E-state index in [0.29, 0.717) is 38.0 Å². The van der Waals surface area contributed by atoms with Crippen LogP contribution in [0.4, 0.5) is 0 Å². The maximum absolute atomic E-state index is 12.8. The second-order valence-corrected chi connectivity index (χ2v) is 10.2. The Kier molecular flexibility index (Phi) is 6.49. The Labute approximate surface area is 201 Å². The lowest BCUT2D eigenvalue weighted by Gasteiger charge is -2.37. The highest BCUT2D eigenvalue weighted by atomic mass is 16.5. The molecule has 0 radical (unpaired) electrons. The van der Waals surface area contributed by atoms with E-state index in [1.54, 1.807) is 7.11 Å². The van der Waals surface area contributed by atoms with Gasteiger partial charge in [-0.15, -0.1) is 0 Å². The van der Waals surface area contributed by atoms with Gasteiger partial charge in [-0.3, -0.25) is 9.78 Å². The molecule has 1 aliphatic rings. The van der Waals surface area contributed by atoms with Crippen LogP contribution in [0.25, 0.3) is 11.5 Å². The Morgan fingerprint density at radius 3 is 2.35 bits per heavy atom. The van der Waals surface area contributed by atoms with E-state index in [9.17, 15) is 9.90 Å². The second kappa shape index (κ2) is 9.22. The summed E-state index contributed by atoms with van der Waals surface area (Å²) in [5.41, 5.74) is 2.50. The lowest BCUT2D eigenvalue weighted by atomic mass is 9.88. The van der Waals surface area contributed by atoms with Crippen molar-refractivity contribution >= 4 is 5.91 Å². The molecule has 0 spiro atoms. The third kappa shape index (κ3) is 4.99. The molecule has 0 aliphatic carbocycles. The molecule has 1 fully saturated rings. The standard InChI is InChI=1S/C27H34N4O3/c1-26(2,3)20-8-11-22(28-17-20)25-29-23(18-30(25)4)27(33)12-14-31(15-13-27)24(32)16-19-6-9-21(34-5)10-7-19/h6-11,17-18,33H,12-16H2,1-5H3. The molecule has 1 saturated heterocycles. The van der Waals surface area contributed by atoms with Crippen molar-refractivity contribution in [1.82, 2.24) is 19.4 Å². The Morgan fingerprint density at radius 2 is 1.79 bits per heavy atom. The quantitative estimate of drug-likeness (QED) is 0.623. The zero-order chi connectivity index (χ0) is 24.5. The van der Waals surface area contributed by atoms with Crippen LogP contribution >= 0.6 is 0 Å². The van der Waals surface area contributed by atoms with Crippen molar-refractivity contribution in [2.75, 3.05) is 20.2 Å². The summed E-state index contributed by atoms with van der Waals surface area (Å²) in [7, 11) is 3.54. The minimum Gasteiger partial charge on any atom is -0.497 e. The molecule has 34 heavy (non-hydrogen) atoms. The summed E-state index contributed by atoms with van der Waals surface area (Å²) < 4.78 is 7.09. The first-order valence-corrected chi connectivity index (χ1v) is 11.7. The fraction of sp³-hybridized carbons (Fsp3) is 0.444. The number of aromatic nitrogens is 3. The Morgan fingerprint density at radius 1 is 1.12 bits per heavy atom. The van der Waals surface area contributed by atoms with Crippen LogP contribution in [-0.2, 0) is 29.3 Å². The normalized spacial score (nSPS) is 15.9. The lowest BCUT2D eigenvalue weighted by molar-refractivity contribution is -0.135. The van der Waals surface area contributed by atoms with Gasteiger partial charge in [0, 0.05) is 32.5 Å². The summed E-state index contributed by atoms with van der Waals surface area (Å²) in [6, 6.07) is 11.6. The van der Waals surface area contributed by atoms with Gasteiger partial charge in [0.15, 0.2) is 5.82 Å². The molecule has 1 aliphatic heterocycles. The van der Waals surface area contributed by atoms with Crippen LogP contribution in [0.3, 0.4) is 0 Å². The first-order valence-electron chi connectivity index (χ1n) is 11.7. The van der Waals surface area contributed by atoms with E-state index >= 15 is 0 Å². The molecule has 7 heteroatoms. The van der Waals surface area contributed by atoms with E-state index in [2.05, 4.69) is 31.8 Å². The van der Waals surface area contributed by atoms with Gasteiger partial charge in [-0.1, -0.05) is 39.0 Å². The van der Waals surface area contributed by atoms with Gasteiger partial charge in [-0.25, -0.2) is 4.98 Å². The van der Waals surface area contributed by atoms with Gasteiger partial charge in [0.2, 0.25) is 5.91 Å². The number of nitrogens with zero attached hydrogens (tertiary/aromatic N) is 4. The highest BCUT2D eigenvalue weighted by Gasteiger charge is 2.38. The Bertz CT molecular complexity index is 1140. The van der Waals surface area contributed by atoms with Crippen molar-refractivity contribution in [2.24, 2.45) is 7.05 Å². The first kappa shape index (κ1) is 24.0. The molecule has 2 aromatic heterocycles. The highest BCUT2D eigenvalue weighted by Crippen LogP contribution is 2.34. The molecule has 7 nitrogen and oxygen atoms in total. The zero-order valence-corrected chi connectivity index (χ0v) is 20.7. The van der Waals surface area contributed by atoms with Crippen molar-refractivity contribution in [3.8, 4) is 17.3 Å². The number of aryl methyl sites for hydroxylation is 1. The second-order valence-electron chi connectivity index (χ2n) is 10.2. The molecule has 0 bridgehead atoms. The van der Waals surface area contributed by atoms with Gasteiger partial charge < -0.3 is 19.3 Å². The number of benzene rings is 1. The number of ether oxygens (including phenoxy) is 1. The number of piperidine rings is 1. The van der Waals surface area contributed by atoms with Crippen molar-refractivity contribution in [2.45, 2.75) is 51.0 Å². The van der Waals surface area contributed by atoms with E-state index in [1.165, 1.54) is 0 Å². The number of carbonyl (C=O) groups is 1. The van der Waals surface area contributed by atoms with E-state index < -0.39 is 5.60 Å². The van der Waals surface area contributed by atoms with Gasteiger partial charge in [-0.05, 0) is 47.6 Å². The van der Waals surface area contributed by atoms with Crippen LogP contribution in [0, 0.1) is 0 Å². The summed E-state index contributed by atoms with van der Waals surface area (Å²) in [6.07, 6.45) is 5.02. The monoisotopic (exact) mass is 462 g/mol. The number of hydrogen-bond donors (Lipinski definition) is 1. The highest BCUT2D eigenvalue weighted by molar-refractivity contribution is 5.79. The minimum atomic E-state index is -1.06. The number of pyridine rings is 1. The first-order chi connectivity index (χ1) is 16.1.